The normalized spacial score (nSPS) is 11.6. The van der Waals surface area contributed by atoms with E-state index >= 15 is 0 Å². The summed E-state index contributed by atoms with van der Waals surface area (Å²) in [5, 5.41) is 13.3. The Balaban J connectivity index is 1.87. The van der Waals surface area contributed by atoms with Gasteiger partial charge < -0.3 is 15.2 Å². The third kappa shape index (κ3) is 4.64. The third-order valence-corrected chi connectivity index (χ3v) is 3.12. The molecule has 1 atom stereocenters. The van der Waals surface area contributed by atoms with Crippen molar-refractivity contribution in [3.8, 4) is 18.1 Å². The summed E-state index contributed by atoms with van der Waals surface area (Å²) in [5.74, 6) is 3.23. The highest BCUT2D eigenvalue weighted by atomic mass is 16.5. The molecule has 0 saturated carbocycles. The van der Waals surface area contributed by atoms with Crippen molar-refractivity contribution in [1.82, 2.24) is 5.32 Å². The number of hydrogen-bond donors (Lipinski definition) is 2. The molecule has 2 N–H and O–H groups in total. The van der Waals surface area contributed by atoms with Crippen LogP contribution in [-0.4, -0.2) is 18.3 Å². The van der Waals surface area contributed by atoms with Gasteiger partial charge in [0.25, 0.3) is 0 Å². The summed E-state index contributed by atoms with van der Waals surface area (Å²) in [6.07, 6.45) is 4.68. The second-order valence-electron chi connectivity index (χ2n) is 4.66. The fourth-order valence-electron chi connectivity index (χ4n) is 2.05. The van der Waals surface area contributed by atoms with Crippen LogP contribution in [-0.2, 0) is 6.54 Å². The van der Waals surface area contributed by atoms with Crippen molar-refractivity contribution in [2.45, 2.75) is 12.6 Å². The van der Waals surface area contributed by atoms with Crippen LogP contribution in [0.5, 0.6) is 5.75 Å². The average molecular weight is 281 g/mol. The number of ether oxygens (including phenoxy) is 1. The maximum absolute atomic E-state index is 10.1. The number of rotatable bonds is 7. The molecule has 3 nitrogen and oxygen atoms in total. The van der Waals surface area contributed by atoms with E-state index in [1.165, 1.54) is 0 Å². The molecule has 0 spiro atoms. The summed E-state index contributed by atoms with van der Waals surface area (Å²) in [4.78, 5) is 0. The van der Waals surface area contributed by atoms with Gasteiger partial charge in [-0.05, 0) is 11.6 Å². The van der Waals surface area contributed by atoms with Crippen molar-refractivity contribution in [1.29, 1.82) is 0 Å². The molecule has 108 valence electrons. The van der Waals surface area contributed by atoms with Gasteiger partial charge in [-0.25, -0.2) is 0 Å². The molecule has 2 rings (SSSR count). The summed E-state index contributed by atoms with van der Waals surface area (Å²) >= 11 is 0. The highest BCUT2D eigenvalue weighted by molar-refractivity contribution is 5.33. The minimum Gasteiger partial charge on any atom is -0.481 e. The van der Waals surface area contributed by atoms with Crippen molar-refractivity contribution < 1.29 is 9.84 Å². The molecule has 0 saturated heterocycles. The molecule has 2 aromatic rings. The Hall–Kier alpha value is -2.28. The van der Waals surface area contributed by atoms with Gasteiger partial charge in [0.2, 0.25) is 0 Å². The van der Waals surface area contributed by atoms with Crippen LogP contribution in [0.2, 0.25) is 0 Å². The molecule has 0 fully saturated rings. The Morgan fingerprint density at radius 1 is 1.10 bits per heavy atom. The number of nitrogens with one attached hydrogen (secondary N) is 1. The lowest BCUT2D eigenvalue weighted by Crippen LogP contribution is -2.21. The van der Waals surface area contributed by atoms with Gasteiger partial charge in [-0.1, -0.05) is 54.5 Å². The van der Waals surface area contributed by atoms with E-state index in [2.05, 4.69) is 11.2 Å². The zero-order chi connectivity index (χ0) is 14.9. The zero-order valence-electron chi connectivity index (χ0n) is 11.8. The van der Waals surface area contributed by atoms with E-state index in [4.69, 9.17) is 11.2 Å². The minimum absolute atomic E-state index is 0.254. The highest BCUT2D eigenvalue weighted by Gasteiger charge is 2.07. The van der Waals surface area contributed by atoms with Crippen LogP contribution in [0.1, 0.15) is 17.2 Å². The molecule has 0 aliphatic carbocycles. The molecule has 0 radical (unpaired) electrons. The molecular weight excluding hydrogens is 262 g/mol. The van der Waals surface area contributed by atoms with E-state index in [1.54, 1.807) is 0 Å². The number of hydrogen-bond acceptors (Lipinski definition) is 3. The lowest BCUT2D eigenvalue weighted by molar-refractivity contribution is 0.174. The van der Waals surface area contributed by atoms with Gasteiger partial charge in [-0.2, -0.15) is 0 Å². The van der Waals surface area contributed by atoms with Crippen LogP contribution < -0.4 is 10.1 Å². The molecule has 0 amide bonds. The number of terminal acetylenes is 1. The Kier molecular flexibility index (Phi) is 5.83. The summed E-state index contributed by atoms with van der Waals surface area (Å²) in [5.41, 5.74) is 1.93. The van der Waals surface area contributed by atoms with Gasteiger partial charge in [0.05, 0.1) is 6.10 Å². The number of aliphatic hydroxyl groups is 1. The summed E-state index contributed by atoms with van der Waals surface area (Å²) in [6, 6.07) is 17.3. The lowest BCUT2D eigenvalue weighted by Gasteiger charge is -2.14. The molecule has 3 heteroatoms. The van der Waals surface area contributed by atoms with E-state index in [0.717, 1.165) is 16.9 Å². The van der Waals surface area contributed by atoms with Gasteiger partial charge in [-0.3, -0.25) is 0 Å². The standard InChI is InChI=1S/C18H19NO2/c1-2-12-21-18-11-7-6-10-16(18)13-19-14-17(20)15-8-4-3-5-9-15/h1,3-11,17,19-20H,12-14H2. The van der Waals surface area contributed by atoms with Crippen LogP contribution in [0.25, 0.3) is 0 Å². The van der Waals surface area contributed by atoms with Crippen molar-refractivity contribution in [3.05, 3.63) is 65.7 Å². The second-order valence-corrected chi connectivity index (χ2v) is 4.66. The van der Waals surface area contributed by atoms with Crippen molar-refractivity contribution in [3.63, 3.8) is 0 Å². The Morgan fingerprint density at radius 2 is 1.81 bits per heavy atom. The topological polar surface area (TPSA) is 41.5 Å². The van der Waals surface area contributed by atoms with Crippen LogP contribution in [0.3, 0.4) is 0 Å². The summed E-state index contributed by atoms with van der Waals surface area (Å²) < 4.78 is 5.49. The molecule has 0 heterocycles. The SMILES string of the molecule is C#CCOc1ccccc1CNCC(O)c1ccccc1. The zero-order valence-corrected chi connectivity index (χ0v) is 11.8. The maximum Gasteiger partial charge on any atom is 0.148 e. The monoisotopic (exact) mass is 281 g/mol. The number of benzene rings is 2. The summed E-state index contributed by atoms with van der Waals surface area (Å²) in [7, 11) is 0. The molecule has 2 aromatic carbocycles. The first-order valence-electron chi connectivity index (χ1n) is 6.89. The van der Waals surface area contributed by atoms with E-state index in [1.807, 2.05) is 54.6 Å². The fraction of sp³-hybridized carbons (Fsp3) is 0.222. The van der Waals surface area contributed by atoms with Crippen molar-refractivity contribution in [2.24, 2.45) is 0 Å². The van der Waals surface area contributed by atoms with Crippen molar-refractivity contribution >= 4 is 0 Å². The van der Waals surface area contributed by atoms with Crippen LogP contribution in [0, 0.1) is 12.3 Å². The van der Waals surface area contributed by atoms with E-state index in [-0.39, 0.29) is 6.61 Å². The van der Waals surface area contributed by atoms with Crippen LogP contribution in [0.15, 0.2) is 54.6 Å². The van der Waals surface area contributed by atoms with Gasteiger partial charge in [0.1, 0.15) is 12.4 Å². The minimum atomic E-state index is -0.523. The van der Waals surface area contributed by atoms with Gasteiger partial charge >= 0.3 is 0 Å². The molecule has 0 aromatic heterocycles. The molecule has 0 aliphatic heterocycles. The van der Waals surface area contributed by atoms with Gasteiger partial charge in [0, 0.05) is 18.7 Å². The molecule has 1 unspecified atom stereocenters. The molecule has 0 aliphatic rings. The third-order valence-electron chi connectivity index (χ3n) is 3.12. The van der Waals surface area contributed by atoms with Crippen molar-refractivity contribution in [2.75, 3.05) is 13.2 Å². The highest BCUT2D eigenvalue weighted by Crippen LogP contribution is 2.18. The molecule has 0 bridgehead atoms. The van der Waals surface area contributed by atoms with Gasteiger partial charge in [-0.15, -0.1) is 6.42 Å². The predicted molar refractivity (Wildman–Crippen MR) is 83.9 cm³/mol. The predicted octanol–water partition coefficient (Wildman–Crippen LogP) is 2.52. The van der Waals surface area contributed by atoms with Gasteiger partial charge in [0.15, 0.2) is 0 Å². The van der Waals surface area contributed by atoms with Crippen LogP contribution >= 0.6 is 0 Å². The number of para-hydroxylation sites is 1. The molecular formula is C18H19NO2. The first-order valence-corrected chi connectivity index (χ1v) is 6.89. The number of aliphatic hydroxyl groups excluding tert-OH is 1. The van der Waals surface area contributed by atoms with E-state index in [9.17, 15) is 5.11 Å². The second kappa shape index (κ2) is 8.11. The Labute approximate surface area is 125 Å². The van der Waals surface area contributed by atoms with Crippen LogP contribution in [0.4, 0.5) is 0 Å². The average Bonchev–Trinajstić information content (AvgIpc) is 2.54. The fourth-order valence-corrected chi connectivity index (χ4v) is 2.05. The maximum atomic E-state index is 10.1. The summed E-state index contributed by atoms with van der Waals surface area (Å²) in [6.45, 7) is 1.35. The smallest absolute Gasteiger partial charge is 0.148 e. The Bertz CT molecular complexity index is 590. The molecule has 21 heavy (non-hydrogen) atoms. The van der Waals surface area contributed by atoms with E-state index < -0.39 is 6.10 Å². The first-order chi connectivity index (χ1) is 10.3. The Morgan fingerprint density at radius 3 is 2.57 bits per heavy atom. The first kappa shape index (κ1) is 15.1. The quantitative estimate of drug-likeness (QED) is 0.766. The van der Waals surface area contributed by atoms with E-state index in [0.29, 0.717) is 13.1 Å². The lowest BCUT2D eigenvalue weighted by atomic mass is 10.1. The largest absolute Gasteiger partial charge is 0.481 e.